The van der Waals surface area contributed by atoms with Crippen molar-refractivity contribution in [2.45, 2.75) is 27.2 Å². The Morgan fingerprint density at radius 2 is 1.88 bits per heavy atom. The second kappa shape index (κ2) is 6.54. The lowest BCUT2D eigenvalue weighted by molar-refractivity contribution is 0.539. The van der Waals surface area contributed by atoms with E-state index in [9.17, 15) is 0 Å². The van der Waals surface area contributed by atoms with E-state index in [4.69, 9.17) is 5.73 Å². The summed E-state index contributed by atoms with van der Waals surface area (Å²) in [5, 5.41) is 0. The lowest BCUT2D eigenvalue weighted by Crippen LogP contribution is -2.26. The van der Waals surface area contributed by atoms with Crippen LogP contribution in [0.3, 0.4) is 0 Å². The van der Waals surface area contributed by atoms with Crippen molar-refractivity contribution in [3.05, 3.63) is 29.8 Å². The van der Waals surface area contributed by atoms with Crippen molar-refractivity contribution < 1.29 is 0 Å². The van der Waals surface area contributed by atoms with Gasteiger partial charge in [0, 0.05) is 18.8 Å². The third-order valence-corrected chi connectivity index (χ3v) is 3.08. The van der Waals surface area contributed by atoms with Gasteiger partial charge in [-0.15, -0.1) is 0 Å². The van der Waals surface area contributed by atoms with Crippen LogP contribution in [-0.2, 0) is 0 Å². The summed E-state index contributed by atoms with van der Waals surface area (Å²) in [6.07, 6.45) is 1.16. The average Bonchev–Trinajstić information content (AvgIpc) is 2.31. The average molecular weight is 220 g/mol. The van der Waals surface area contributed by atoms with Gasteiger partial charge in [-0.3, -0.25) is 0 Å². The summed E-state index contributed by atoms with van der Waals surface area (Å²) >= 11 is 0. The Morgan fingerprint density at radius 3 is 2.38 bits per heavy atom. The van der Waals surface area contributed by atoms with Gasteiger partial charge in [-0.05, 0) is 44.9 Å². The van der Waals surface area contributed by atoms with Crippen LogP contribution in [0.4, 0.5) is 5.69 Å². The Bertz CT molecular complexity index is 292. The fourth-order valence-electron chi connectivity index (χ4n) is 1.72. The highest BCUT2D eigenvalue weighted by atomic mass is 15.1. The smallest absolute Gasteiger partial charge is 0.0366 e. The van der Waals surface area contributed by atoms with Crippen LogP contribution in [0.1, 0.15) is 25.8 Å². The number of benzene rings is 1. The summed E-state index contributed by atoms with van der Waals surface area (Å²) in [6, 6.07) is 8.74. The quantitative estimate of drug-likeness (QED) is 0.798. The first kappa shape index (κ1) is 13.0. The molecule has 0 saturated carbocycles. The first-order valence-electron chi connectivity index (χ1n) is 6.19. The number of hydrogen-bond acceptors (Lipinski definition) is 2. The minimum atomic E-state index is 0.611. The number of hydrogen-bond donors (Lipinski definition) is 1. The number of nitrogens with two attached hydrogens (primary N) is 1. The van der Waals surface area contributed by atoms with Crippen LogP contribution in [0.5, 0.6) is 0 Å². The second-order valence-corrected chi connectivity index (χ2v) is 4.54. The van der Waals surface area contributed by atoms with Gasteiger partial charge in [0.15, 0.2) is 0 Å². The van der Waals surface area contributed by atoms with E-state index in [1.807, 2.05) is 0 Å². The first-order valence-corrected chi connectivity index (χ1v) is 6.19. The molecule has 2 nitrogen and oxygen atoms in total. The zero-order valence-corrected chi connectivity index (χ0v) is 10.7. The van der Waals surface area contributed by atoms with E-state index in [2.05, 4.69) is 49.9 Å². The lowest BCUT2D eigenvalue weighted by Gasteiger charge is -2.24. The Labute approximate surface area is 99.5 Å². The zero-order valence-electron chi connectivity index (χ0n) is 10.7. The van der Waals surface area contributed by atoms with Crippen molar-refractivity contribution in [3.63, 3.8) is 0 Å². The minimum absolute atomic E-state index is 0.611. The van der Waals surface area contributed by atoms with Crippen LogP contribution in [0.25, 0.3) is 0 Å². The van der Waals surface area contributed by atoms with Crippen molar-refractivity contribution in [1.82, 2.24) is 0 Å². The topological polar surface area (TPSA) is 29.3 Å². The molecule has 1 rings (SSSR count). The molecule has 0 amide bonds. The molecule has 1 aromatic rings. The number of anilines is 1. The van der Waals surface area contributed by atoms with Crippen molar-refractivity contribution >= 4 is 5.69 Å². The van der Waals surface area contributed by atoms with Crippen molar-refractivity contribution in [2.24, 2.45) is 11.7 Å². The van der Waals surface area contributed by atoms with Gasteiger partial charge in [0.2, 0.25) is 0 Å². The zero-order chi connectivity index (χ0) is 12.0. The molecule has 0 spiro atoms. The van der Waals surface area contributed by atoms with E-state index in [1.165, 1.54) is 11.3 Å². The van der Waals surface area contributed by atoms with Gasteiger partial charge in [-0.2, -0.15) is 0 Å². The van der Waals surface area contributed by atoms with E-state index in [0.29, 0.717) is 5.92 Å². The SMILES string of the molecule is CCN(CCC(C)CN)c1ccc(C)cc1. The Hall–Kier alpha value is -1.02. The van der Waals surface area contributed by atoms with Crippen molar-refractivity contribution in [2.75, 3.05) is 24.5 Å². The second-order valence-electron chi connectivity index (χ2n) is 4.54. The van der Waals surface area contributed by atoms with E-state index in [0.717, 1.165) is 26.1 Å². The third-order valence-electron chi connectivity index (χ3n) is 3.08. The summed E-state index contributed by atoms with van der Waals surface area (Å²) in [4.78, 5) is 2.41. The van der Waals surface area contributed by atoms with Crippen LogP contribution in [-0.4, -0.2) is 19.6 Å². The summed E-state index contributed by atoms with van der Waals surface area (Å²) in [6.45, 7) is 9.47. The molecule has 0 bridgehead atoms. The largest absolute Gasteiger partial charge is 0.372 e. The predicted octanol–water partition coefficient (Wildman–Crippen LogP) is 2.81. The Morgan fingerprint density at radius 1 is 1.25 bits per heavy atom. The Balaban J connectivity index is 2.57. The molecule has 1 aromatic carbocycles. The van der Waals surface area contributed by atoms with Crippen LogP contribution < -0.4 is 10.6 Å². The van der Waals surface area contributed by atoms with Crippen LogP contribution in [0, 0.1) is 12.8 Å². The van der Waals surface area contributed by atoms with Crippen LogP contribution in [0.15, 0.2) is 24.3 Å². The van der Waals surface area contributed by atoms with E-state index < -0.39 is 0 Å². The molecule has 2 N–H and O–H groups in total. The fourth-order valence-corrected chi connectivity index (χ4v) is 1.72. The van der Waals surface area contributed by atoms with Crippen molar-refractivity contribution in [1.29, 1.82) is 0 Å². The van der Waals surface area contributed by atoms with Crippen LogP contribution >= 0.6 is 0 Å². The highest BCUT2D eigenvalue weighted by Gasteiger charge is 2.06. The van der Waals surface area contributed by atoms with Crippen LogP contribution in [0.2, 0.25) is 0 Å². The summed E-state index contributed by atoms with van der Waals surface area (Å²) in [5.41, 5.74) is 8.27. The third kappa shape index (κ3) is 3.86. The first-order chi connectivity index (χ1) is 7.67. The highest BCUT2D eigenvalue weighted by Crippen LogP contribution is 2.16. The molecule has 0 aliphatic rings. The van der Waals surface area contributed by atoms with E-state index >= 15 is 0 Å². The molecule has 1 unspecified atom stereocenters. The molecule has 0 aliphatic heterocycles. The predicted molar refractivity (Wildman–Crippen MR) is 71.9 cm³/mol. The maximum atomic E-state index is 5.64. The molecule has 1 atom stereocenters. The molecule has 2 heteroatoms. The van der Waals surface area contributed by atoms with Gasteiger partial charge in [0.25, 0.3) is 0 Å². The summed E-state index contributed by atoms with van der Waals surface area (Å²) in [7, 11) is 0. The molecular weight excluding hydrogens is 196 g/mol. The molecule has 0 aliphatic carbocycles. The van der Waals surface area contributed by atoms with Gasteiger partial charge in [-0.1, -0.05) is 24.6 Å². The number of aryl methyl sites for hydroxylation is 1. The number of rotatable bonds is 6. The van der Waals surface area contributed by atoms with Gasteiger partial charge in [0.05, 0.1) is 0 Å². The van der Waals surface area contributed by atoms with Gasteiger partial charge < -0.3 is 10.6 Å². The maximum Gasteiger partial charge on any atom is 0.0366 e. The summed E-state index contributed by atoms with van der Waals surface area (Å²) in [5.74, 6) is 0.611. The maximum absolute atomic E-state index is 5.64. The molecule has 0 heterocycles. The molecule has 90 valence electrons. The molecule has 0 saturated heterocycles. The molecule has 0 fully saturated rings. The lowest BCUT2D eigenvalue weighted by atomic mass is 10.1. The van der Waals surface area contributed by atoms with E-state index in [-0.39, 0.29) is 0 Å². The minimum Gasteiger partial charge on any atom is -0.372 e. The van der Waals surface area contributed by atoms with E-state index in [1.54, 1.807) is 0 Å². The van der Waals surface area contributed by atoms with Gasteiger partial charge >= 0.3 is 0 Å². The normalized spacial score (nSPS) is 12.5. The Kier molecular flexibility index (Phi) is 5.33. The molecule has 0 radical (unpaired) electrons. The highest BCUT2D eigenvalue weighted by molar-refractivity contribution is 5.47. The fraction of sp³-hybridized carbons (Fsp3) is 0.571. The monoisotopic (exact) mass is 220 g/mol. The van der Waals surface area contributed by atoms with Crippen molar-refractivity contribution in [3.8, 4) is 0 Å². The number of nitrogens with zero attached hydrogens (tertiary/aromatic N) is 1. The van der Waals surface area contributed by atoms with Gasteiger partial charge in [-0.25, -0.2) is 0 Å². The molecule has 0 aromatic heterocycles. The summed E-state index contributed by atoms with van der Waals surface area (Å²) < 4.78 is 0. The molecule has 16 heavy (non-hydrogen) atoms. The molecular formula is C14H24N2. The van der Waals surface area contributed by atoms with Gasteiger partial charge in [0.1, 0.15) is 0 Å². The standard InChI is InChI=1S/C14H24N2/c1-4-16(10-9-13(3)11-15)14-7-5-12(2)6-8-14/h5-8,13H,4,9-11,15H2,1-3H3.